The number of aliphatic hydroxyl groups excluding tert-OH is 1. The predicted molar refractivity (Wildman–Crippen MR) is 93.4 cm³/mol. The molecule has 1 aromatic heterocycles. The van der Waals surface area contributed by atoms with Gasteiger partial charge in [-0.2, -0.15) is 0 Å². The number of aromatic nitrogens is 2. The minimum absolute atomic E-state index is 0.0224. The molecule has 2 aromatic rings. The molecule has 1 aromatic carbocycles. The monoisotopic (exact) mass is 341 g/mol. The van der Waals surface area contributed by atoms with Gasteiger partial charge in [0.05, 0.1) is 11.7 Å². The number of rotatable bonds is 5. The van der Waals surface area contributed by atoms with Crippen molar-refractivity contribution in [3.63, 3.8) is 0 Å². The van der Waals surface area contributed by atoms with Crippen molar-refractivity contribution in [1.82, 2.24) is 15.3 Å². The van der Waals surface area contributed by atoms with Crippen molar-refractivity contribution in [2.24, 2.45) is 5.92 Å². The third-order valence-electron chi connectivity index (χ3n) is 4.56. The van der Waals surface area contributed by atoms with Crippen LogP contribution in [0, 0.1) is 19.8 Å². The van der Waals surface area contributed by atoms with E-state index in [-0.39, 0.29) is 17.9 Å². The zero-order chi connectivity index (χ0) is 17.8. The predicted octanol–water partition coefficient (Wildman–Crippen LogP) is 2.04. The van der Waals surface area contributed by atoms with E-state index in [1.165, 1.54) is 18.0 Å². The number of nitrogens with one attached hydrogen (secondary N) is 1. The Morgan fingerprint density at radius 2 is 1.88 bits per heavy atom. The Hall–Kier alpha value is -2.47. The molecule has 132 valence electrons. The Labute approximate surface area is 147 Å². The van der Waals surface area contributed by atoms with Crippen molar-refractivity contribution in [2.75, 3.05) is 6.54 Å². The molecule has 25 heavy (non-hydrogen) atoms. The van der Waals surface area contributed by atoms with Crippen molar-refractivity contribution >= 4 is 5.91 Å². The van der Waals surface area contributed by atoms with E-state index in [0.29, 0.717) is 17.9 Å². The summed E-state index contributed by atoms with van der Waals surface area (Å²) in [7, 11) is 0. The normalized spacial score (nSPS) is 22.6. The van der Waals surface area contributed by atoms with E-state index in [4.69, 9.17) is 4.74 Å². The molecule has 1 aliphatic rings. The largest absolute Gasteiger partial charge is 0.488 e. The highest BCUT2D eigenvalue weighted by molar-refractivity contribution is 5.93. The van der Waals surface area contributed by atoms with Gasteiger partial charge in [-0.1, -0.05) is 17.7 Å². The zero-order valence-electron chi connectivity index (χ0n) is 14.5. The molecule has 1 saturated carbocycles. The van der Waals surface area contributed by atoms with E-state index in [0.717, 1.165) is 18.6 Å². The number of aryl methyl sites for hydroxylation is 2. The summed E-state index contributed by atoms with van der Waals surface area (Å²) >= 11 is 0. The van der Waals surface area contributed by atoms with E-state index >= 15 is 0 Å². The van der Waals surface area contributed by atoms with E-state index in [1.807, 2.05) is 31.2 Å². The Morgan fingerprint density at radius 3 is 2.56 bits per heavy atom. The molecule has 3 rings (SSSR count). The Bertz CT molecular complexity index is 716. The summed E-state index contributed by atoms with van der Waals surface area (Å²) in [5.41, 5.74) is 1.59. The van der Waals surface area contributed by atoms with Gasteiger partial charge in [-0.25, -0.2) is 9.97 Å². The molecule has 0 radical (unpaired) electrons. The van der Waals surface area contributed by atoms with Gasteiger partial charge in [0.25, 0.3) is 5.91 Å². The lowest BCUT2D eigenvalue weighted by atomic mass is 10.1. The number of ether oxygens (including phenoxy) is 1. The second-order valence-electron chi connectivity index (χ2n) is 6.53. The Morgan fingerprint density at radius 1 is 1.20 bits per heavy atom. The molecule has 0 unspecified atom stereocenters. The van der Waals surface area contributed by atoms with Crippen molar-refractivity contribution in [3.05, 3.63) is 53.6 Å². The topological polar surface area (TPSA) is 84.3 Å². The number of hydrogen-bond acceptors (Lipinski definition) is 5. The Kier molecular flexibility index (Phi) is 5.28. The first kappa shape index (κ1) is 17.4. The van der Waals surface area contributed by atoms with Gasteiger partial charge in [-0.3, -0.25) is 4.79 Å². The van der Waals surface area contributed by atoms with Crippen LogP contribution in [0.25, 0.3) is 0 Å². The summed E-state index contributed by atoms with van der Waals surface area (Å²) < 4.78 is 5.89. The van der Waals surface area contributed by atoms with Crippen LogP contribution in [-0.4, -0.2) is 39.7 Å². The zero-order valence-corrected chi connectivity index (χ0v) is 14.5. The molecule has 3 atom stereocenters. The van der Waals surface area contributed by atoms with E-state index < -0.39 is 6.10 Å². The molecular formula is C19H23N3O3. The fourth-order valence-corrected chi connectivity index (χ4v) is 3.00. The number of aliphatic hydroxyl groups is 1. The average molecular weight is 341 g/mol. The maximum absolute atomic E-state index is 12.1. The van der Waals surface area contributed by atoms with Gasteiger partial charge in [0.15, 0.2) is 0 Å². The number of benzene rings is 1. The van der Waals surface area contributed by atoms with E-state index in [9.17, 15) is 9.90 Å². The summed E-state index contributed by atoms with van der Waals surface area (Å²) in [6.45, 7) is 4.19. The minimum Gasteiger partial charge on any atom is -0.488 e. The maximum Gasteiger partial charge on any atom is 0.254 e. The van der Waals surface area contributed by atoms with Gasteiger partial charge >= 0.3 is 0 Å². The average Bonchev–Trinajstić information content (AvgIpc) is 2.95. The van der Waals surface area contributed by atoms with Crippen LogP contribution in [0.4, 0.5) is 0 Å². The van der Waals surface area contributed by atoms with Gasteiger partial charge in [-0.05, 0) is 38.8 Å². The van der Waals surface area contributed by atoms with Crippen LogP contribution in [-0.2, 0) is 0 Å². The van der Waals surface area contributed by atoms with Crippen molar-refractivity contribution < 1.29 is 14.6 Å². The number of nitrogens with zero attached hydrogens (tertiary/aromatic N) is 2. The van der Waals surface area contributed by atoms with Crippen LogP contribution in [0.2, 0.25) is 0 Å². The van der Waals surface area contributed by atoms with Gasteiger partial charge < -0.3 is 15.2 Å². The molecule has 1 heterocycles. The molecule has 0 aliphatic heterocycles. The number of hydrogen-bond donors (Lipinski definition) is 2. The van der Waals surface area contributed by atoms with Gasteiger partial charge in [0.2, 0.25) is 0 Å². The fourth-order valence-electron chi connectivity index (χ4n) is 3.00. The first-order valence-corrected chi connectivity index (χ1v) is 8.51. The minimum atomic E-state index is -0.601. The van der Waals surface area contributed by atoms with Crippen LogP contribution in [0.1, 0.15) is 34.6 Å². The lowest BCUT2D eigenvalue weighted by Gasteiger charge is -2.21. The van der Waals surface area contributed by atoms with Crippen LogP contribution >= 0.6 is 0 Å². The van der Waals surface area contributed by atoms with E-state index in [1.54, 1.807) is 6.92 Å². The third kappa shape index (κ3) is 4.33. The van der Waals surface area contributed by atoms with Gasteiger partial charge in [-0.15, -0.1) is 0 Å². The first-order chi connectivity index (χ1) is 12.0. The molecule has 0 spiro atoms. The van der Waals surface area contributed by atoms with Crippen molar-refractivity contribution in [1.29, 1.82) is 0 Å². The second kappa shape index (κ2) is 7.61. The SMILES string of the molecule is Cc1ccc(O[C@@H]2CC[C@H](CNC(=O)c3cnc(C)nc3)[C@H]2O)cc1. The van der Waals surface area contributed by atoms with Crippen molar-refractivity contribution in [2.45, 2.75) is 38.9 Å². The van der Waals surface area contributed by atoms with Gasteiger partial charge in [0, 0.05) is 24.9 Å². The molecular weight excluding hydrogens is 318 g/mol. The Balaban J connectivity index is 1.51. The summed E-state index contributed by atoms with van der Waals surface area (Å²) in [5.74, 6) is 1.14. The molecule has 1 amide bonds. The number of carbonyl (C=O) groups excluding carboxylic acids is 1. The van der Waals surface area contributed by atoms with Crippen molar-refractivity contribution in [3.8, 4) is 5.75 Å². The lowest BCUT2D eigenvalue weighted by molar-refractivity contribution is 0.0348. The molecule has 0 saturated heterocycles. The van der Waals surface area contributed by atoms with Crippen LogP contribution in [0.3, 0.4) is 0 Å². The van der Waals surface area contributed by atoms with Crippen LogP contribution in [0.15, 0.2) is 36.7 Å². The lowest BCUT2D eigenvalue weighted by Crippen LogP contribution is -2.37. The third-order valence-corrected chi connectivity index (χ3v) is 4.56. The maximum atomic E-state index is 12.1. The van der Waals surface area contributed by atoms with Crippen LogP contribution < -0.4 is 10.1 Å². The summed E-state index contributed by atoms with van der Waals surface area (Å²) in [5, 5.41) is 13.3. The van der Waals surface area contributed by atoms with E-state index in [2.05, 4.69) is 15.3 Å². The number of amides is 1. The summed E-state index contributed by atoms with van der Waals surface area (Å²) in [6, 6.07) is 7.79. The smallest absolute Gasteiger partial charge is 0.254 e. The molecule has 2 N–H and O–H groups in total. The highest BCUT2D eigenvalue weighted by Gasteiger charge is 2.36. The van der Waals surface area contributed by atoms with Gasteiger partial charge in [0.1, 0.15) is 17.7 Å². The highest BCUT2D eigenvalue weighted by atomic mass is 16.5. The quantitative estimate of drug-likeness (QED) is 0.869. The molecule has 6 nitrogen and oxygen atoms in total. The summed E-state index contributed by atoms with van der Waals surface area (Å²) in [4.78, 5) is 20.2. The van der Waals surface area contributed by atoms with Crippen LogP contribution in [0.5, 0.6) is 5.75 Å². The molecule has 1 aliphatic carbocycles. The first-order valence-electron chi connectivity index (χ1n) is 8.51. The second-order valence-corrected chi connectivity index (χ2v) is 6.53. The highest BCUT2D eigenvalue weighted by Crippen LogP contribution is 2.29. The standard InChI is InChI=1S/C19H23N3O3/c1-12-3-6-16(7-4-12)25-17-8-5-14(18(17)23)9-22-19(24)15-10-20-13(2)21-11-15/h3-4,6-7,10-11,14,17-18,23H,5,8-9H2,1-2H3,(H,22,24)/t14-,17-,18-/m1/s1. The molecule has 1 fully saturated rings. The molecule has 6 heteroatoms. The molecule has 0 bridgehead atoms. The summed E-state index contributed by atoms with van der Waals surface area (Å²) in [6.07, 6.45) is 3.74. The fraction of sp³-hybridized carbons (Fsp3) is 0.421. The number of carbonyl (C=O) groups is 1.